The highest BCUT2D eigenvalue weighted by Gasteiger charge is 2.26. The Morgan fingerprint density at radius 1 is 1.40 bits per heavy atom. The second-order valence-electron chi connectivity index (χ2n) is 5.76. The third kappa shape index (κ3) is 6.04. The van der Waals surface area contributed by atoms with Gasteiger partial charge in [-0.05, 0) is 19.2 Å². The van der Waals surface area contributed by atoms with E-state index in [0.717, 1.165) is 0 Å². The zero-order valence-electron chi connectivity index (χ0n) is 13.8. The Labute approximate surface area is 156 Å². The summed E-state index contributed by atoms with van der Waals surface area (Å²) in [5, 5.41) is 9.48. The van der Waals surface area contributed by atoms with E-state index in [9.17, 15) is 9.59 Å². The topological polar surface area (TPSA) is 79.3 Å². The van der Waals surface area contributed by atoms with Gasteiger partial charge in [-0.15, -0.1) is 0 Å². The lowest BCUT2D eigenvalue weighted by Gasteiger charge is -2.34. The van der Waals surface area contributed by atoms with Gasteiger partial charge in [-0.1, -0.05) is 29.3 Å². The average molecular weight is 391 g/mol. The summed E-state index contributed by atoms with van der Waals surface area (Å²) < 4.78 is 11.1. The van der Waals surface area contributed by atoms with Crippen molar-refractivity contribution in [2.45, 2.75) is 6.10 Å². The molecule has 1 aromatic rings. The van der Waals surface area contributed by atoms with Crippen molar-refractivity contribution in [2.75, 3.05) is 46.4 Å². The number of amides is 1. The average Bonchev–Trinajstić information content (AvgIpc) is 2.53. The summed E-state index contributed by atoms with van der Waals surface area (Å²) in [5.74, 6) is -0.827. The molecule has 9 heteroatoms. The van der Waals surface area contributed by atoms with E-state index in [-0.39, 0.29) is 30.9 Å². The minimum Gasteiger partial charge on any atom is -0.481 e. The number of carboxylic acids is 1. The van der Waals surface area contributed by atoms with E-state index in [4.69, 9.17) is 37.8 Å². The van der Waals surface area contributed by atoms with Crippen LogP contribution < -0.4 is 4.74 Å². The summed E-state index contributed by atoms with van der Waals surface area (Å²) in [4.78, 5) is 26.3. The molecule has 1 aliphatic heterocycles. The van der Waals surface area contributed by atoms with Crippen LogP contribution >= 0.6 is 23.2 Å². The Morgan fingerprint density at radius 3 is 2.72 bits per heavy atom. The highest BCUT2D eigenvalue weighted by atomic mass is 35.5. The smallest absolute Gasteiger partial charge is 0.317 e. The van der Waals surface area contributed by atoms with Crippen LogP contribution in [0.25, 0.3) is 0 Å². The van der Waals surface area contributed by atoms with Crippen molar-refractivity contribution in [3.8, 4) is 5.75 Å². The second kappa shape index (κ2) is 9.24. The van der Waals surface area contributed by atoms with Gasteiger partial charge in [0.05, 0.1) is 29.3 Å². The van der Waals surface area contributed by atoms with E-state index in [1.165, 1.54) is 0 Å². The number of para-hydroxylation sites is 1. The predicted molar refractivity (Wildman–Crippen MR) is 93.4 cm³/mol. The highest BCUT2D eigenvalue weighted by Crippen LogP contribution is 2.32. The first-order chi connectivity index (χ1) is 11.9. The van der Waals surface area contributed by atoms with Gasteiger partial charge < -0.3 is 19.5 Å². The summed E-state index contributed by atoms with van der Waals surface area (Å²) in [7, 11) is 1.70. The van der Waals surface area contributed by atoms with Crippen molar-refractivity contribution in [2.24, 2.45) is 0 Å². The maximum atomic E-state index is 12.4. The minimum absolute atomic E-state index is 0.0814. The van der Waals surface area contributed by atoms with E-state index >= 15 is 0 Å². The van der Waals surface area contributed by atoms with E-state index in [1.807, 2.05) is 0 Å². The Hall–Kier alpha value is -1.54. The molecule has 138 valence electrons. The SMILES string of the molecule is CN(CC(=O)O)CC1CN(C(=O)COc2c(Cl)cccc2Cl)CCO1. The molecule has 1 fully saturated rings. The lowest BCUT2D eigenvalue weighted by atomic mass is 10.2. The Bertz CT molecular complexity index is 608. The summed E-state index contributed by atoms with van der Waals surface area (Å²) in [6.07, 6.45) is -0.244. The van der Waals surface area contributed by atoms with Crippen LogP contribution in [0.15, 0.2) is 18.2 Å². The number of carbonyl (C=O) groups excluding carboxylic acids is 1. The zero-order valence-corrected chi connectivity index (χ0v) is 15.3. The first-order valence-corrected chi connectivity index (χ1v) is 8.49. The minimum atomic E-state index is -0.906. The van der Waals surface area contributed by atoms with E-state index in [2.05, 4.69) is 0 Å². The van der Waals surface area contributed by atoms with Crippen LogP contribution in [0.1, 0.15) is 0 Å². The number of likely N-dealkylation sites (N-methyl/N-ethyl adjacent to an activating group) is 1. The lowest BCUT2D eigenvalue weighted by molar-refractivity contribution is -0.143. The van der Waals surface area contributed by atoms with Crippen LogP contribution in [-0.2, 0) is 14.3 Å². The number of aliphatic carboxylic acids is 1. The number of halogens is 2. The van der Waals surface area contributed by atoms with Gasteiger partial charge in [0.15, 0.2) is 12.4 Å². The monoisotopic (exact) mass is 390 g/mol. The number of hydrogen-bond acceptors (Lipinski definition) is 5. The summed E-state index contributed by atoms with van der Waals surface area (Å²) in [6, 6.07) is 4.96. The number of morpholine rings is 1. The van der Waals surface area contributed by atoms with Gasteiger partial charge in [-0.3, -0.25) is 14.5 Å². The summed E-state index contributed by atoms with van der Waals surface area (Å²) in [6.45, 7) is 1.39. The van der Waals surface area contributed by atoms with Crippen LogP contribution in [0.4, 0.5) is 0 Å². The van der Waals surface area contributed by atoms with Gasteiger partial charge in [0, 0.05) is 19.6 Å². The second-order valence-corrected chi connectivity index (χ2v) is 6.58. The fraction of sp³-hybridized carbons (Fsp3) is 0.500. The fourth-order valence-electron chi connectivity index (χ4n) is 2.55. The fourth-order valence-corrected chi connectivity index (χ4v) is 3.05. The molecule has 0 saturated carbocycles. The molecule has 0 bridgehead atoms. The van der Waals surface area contributed by atoms with Crippen molar-refractivity contribution in [1.82, 2.24) is 9.80 Å². The molecule has 1 aliphatic rings. The number of carbonyl (C=O) groups is 2. The molecular weight excluding hydrogens is 371 g/mol. The van der Waals surface area contributed by atoms with Crippen LogP contribution in [0, 0.1) is 0 Å². The lowest BCUT2D eigenvalue weighted by Crippen LogP contribution is -2.50. The maximum absolute atomic E-state index is 12.4. The summed E-state index contributed by atoms with van der Waals surface area (Å²) in [5.41, 5.74) is 0. The van der Waals surface area contributed by atoms with Gasteiger partial charge in [0.1, 0.15) is 0 Å². The molecule has 1 unspecified atom stereocenters. The van der Waals surface area contributed by atoms with Crippen LogP contribution in [0.5, 0.6) is 5.75 Å². The van der Waals surface area contributed by atoms with Crippen molar-refractivity contribution in [3.63, 3.8) is 0 Å². The third-order valence-corrected chi connectivity index (χ3v) is 4.27. The van der Waals surface area contributed by atoms with E-state index < -0.39 is 5.97 Å². The largest absolute Gasteiger partial charge is 0.481 e. The van der Waals surface area contributed by atoms with Crippen molar-refractivity contribution in [1.29, 1.82) is 0 Å². The molecule has 0 aliphatic carbocycles. The van der Waals surface area contributed by atoms with Crippen LogP contribution in [-0.4, -0.2) is 79.3 Å². The van der Waals surface area contributed by atoms with Gasteiger partial charge >= 0.3 is 5.97 Å². The van der Waals surface area contributed by atoms with Crippen molar-refractivity contribution in [3.05, 3.63) is 28.2 Å². The van der Waals surface area contributed by atoms with Crippen LogP contribution in [0.2, 0.25) is 10.0 Å². The van der Waals surface area contributed by atoms with Crippen LogP contribution in [0.3, 0.4) is 0 Å². The molecule has 1 saturated heterocycles. The third-order valence-electron chi connectivity index (χ3n) is 3.67. The Kier molecular flexibility index (Phi) is 7.31. The molecule has 0 spiro atoms. The van der Waals surface area contributed by atoms with Gasteiger partial charge in [0.25, 0.3) is 5.91 Å². The molecule has 1 heterocycles. The first kappa shape index (κ1) is 19.8. The van der Waals surface area contributed by atoms with E-state index in [1.54, 1.807) is 35.0 Å². The quantitative estimate of drug-likeness (QED) is 0.761. The molecule has 1 atom stereocenters. The zero-order chi connectivity index (χ0) is 18.4. The molecule has 1 N–H and O–H groups in total. The number of rotatable bonds is 7. The number of nitrogens with zero attached hydrogens (tertiary/aromatic N) is 2. The number of carboxylic acid groups (broad SMARTS) is 1. The van der Waals surface area contributed by atoms with Crippen molar-refractivity contribution < 1.29 is 24.2 Å². The highest BCUT2D eigenvalue weighted by molar-refractivity contribution is 6.37. The normalized spacial score (nSPS) is 17.6. The predicted octanol–water partition coefficient (Wildman–Crippen LogP) is 1.62. The van der Waals surface area contributed by atoms with E-state index in [0.29, 0.717) is 36.3 Å². The molecule has 7 nitrogen and oxygen atoms in total. The molecule has 0 aromatic heterocycles. The van der Waals surface area contributed by atoms with Crippen molar-refractivity contribution >= 4 is 35.1 Å². The standard InChI is InChI=1S/C16H20Cl2N2O5/c1-19(9-15(22)23)7-11-8-20(5-6-24-11)14(21)10-25-16-12(17)3-2-4-13(16)18/h2-4,11H,5-10H2,1H3,(H,22,23). The molecular formula is C16H20Cl2N2O5. The first-order valence-electron chi connectivity index (χ1n) is 7.73. The molecule has 1 aromatic carbocycles. The number of hydrogen-bond donors (Lipinski definition) is 1. The number of ether oxygens (including phenoxy) is 2. The Balaban J connectivity index is 1.86. The maximum Gasteiger partial charge on any atom is 0.317 e. The molecule has 2 rings (SSSR count). The number of benzene rings is 1. The summed E-state index contributed by atoms with van der Waals surface area (Å²) >= 11 is 12.0. The molecule has 1 amide bonds. The van der Waals surface area contributed by atoms with Gasteiger partial charge in [0.2, 0.25) is 0 Å². The molecule has 25 heavy (non-hydrogen) atoms. The van der Waals surface area contributed by atoms with Gasteiger partial charge in [-0.25, -0.2) is 0 Å². The van der Waals surface area contributed by atoms with Gasteiger partial charge in [-0.2, -0.15) is 0 Å². The Morgan fingerprint density at radius 2 is 2.08 bits per heavy atom. The molecule has 0 radical (unpaired) electrons.